The fraction of sp³-hybridized carbons (Fsp3) is 0. The number of amides is 2. The van der Waals surface area contributed by atoms with E-state index in [0.717, 1.165) is 20.9 Å². The van der Waals surface area contributed by atoms with Gasteiger partial charge in [0.25, 0.3) is 11.8 Å². The van der Waals surface area contributed by atoms with E-state index in [2.05, 4.69) is 31.8 Å². The van der Waals surface area contributed by atoms with Crippen LogP contribution in [0.5, 0.6) is 0 Å². The molecule has 0 bridgehead atoms. The van der Waals surface area contributed by atoms with Gasteiger partial charge in [0.05, 0.1) is 0 Å². The number of hydrogen-bond donors (Lipinski definition) is 3. The standard InChI is InChI=1S/C25H16BrN3O4/c26-16-10-11-19-17(13-16)21(14-6-2-1-3-7-14)22(27-19)24(31)29-28-23(30)18-12-15-8-4-5-9-20(15)33-25(18)32/h1-13,27H,(H,28,30)(H,29,31). The summed E-state index contributed by atoms with van der Waals surface area (Å²) in [5, 5.41) is 1.45. The number of nitrogens with one attached hydrogen (secondary N) is 3. The number of carbonyl (C=O) groups is 2. The number of carbonyl (C=O) groups excluding carboxylic acids is 2. The molecule has 0 aliphatic carbocycles. The third-order valence-corrected chi connectivity index (χ3v) is 5.72. The highest BCUT2D eigenvalue weighted by Crippen LogP contribution is 2.34. The SMILES string of the molecule is O=C(NNC(=O)c1cc2ccccc2oc1=O)c1[nH]c2ccc(Br)cc2c1-c1ccccc1. The summed E-state index contributed by atoms with van der Waals surface area (Å²) in [5.74, 6) is -1.33. The van der Waals surface area contributed by atoms with E-state index in [-0.39, 0.29) is 11.3 Å². The summed E-state index contributed by atoms with van der Waals surface area (Å²) in [6, 6.07) is 23.4. The number of aromatic amines is 1. The Bertz CT molecular complexity index is 1590. The van der Waals surface area contributed by atoms with Crippen molar-refractivity contribution in [3.63, 3.8) is 0 Å². The van der Waals surface area contributed by atoms with Crippen LogP contribution in [0.4, 0.5) is 0 Å². The lowest BCUT2D eigenvalue weighted by atomic mass is 10.0. The van der Waals surface area contributed by atoms with Gasteiger partial charge in [-0.2, -0.15) is 0 Å². The summed E-state index contributed by atoms with van der Waals surface area (Å²) >= 11 is 3.48. The Kier molecular flexibility index (Phi) is 5.27. The Labute approximate surface area is 195 Å². The molecule has 2 aromatic heterocycles. The van der Waals surface area contributed by atoms with Crippen LogP contribution in [0.15, 0.2) is 92.5 Å². The second-order valence-corrected chi connectivity index (χ2v) is 8.24. The van der Waals surface area contributed by atoms with Crippen molar-refractivity contribution < 1.29 is 14.0 Å². The van der Waals surface area contributed by atoms with Gasteiger partial charge in [-0.15, -0.1) is 0 Å². The van der Waals surface area contributed by atoms with Crippen LogP contribution in [0.3, 0.4) is 0 Å². The summed E-state index contributed by atoms with van der Waals surface area (Å²) < 4.78 is 6.06. The fourth-order valence-corrected chi connectivity index (χ4v) is 4.06. The number of rotatable bonds is 3. The minimum Gasteiger partial charge on any atom is -0.422 e. The first-order valence-corrected chi connectivity index (χ1v) is 10.8. The van der Waals surface area contributed by atoms with Crippen molar-refractivity contribution in [3.05, 3.63) is 105 Å². The van der Waals surface area contributed by atoms with Gasteiger partial charge in [-0.25, -0.2) is 4.79 Å². The second-order valence-electron chi connectivity index (χ2n) is 7.32. The van der Waals surface area contributed by atoms with Crippen molar-refractivity contribution in [1.29, 1.82) is 0 Å². The first kappa shape index (κ1) is 20.7. The maximum absolute atomic E-state index is 13.1. The predicted octanol–water partition coefficient (Wildman–Crippen LogP) is 4.78. The molecule has 0 aliphatic heterocycles. The van der Waals surface area contributed by atoms with Gasteiger partial charge in [0.15, 0.2) is 0 Å². The molecule has 0 fully saturated rings. The second kappa shape index (κ2) is 8.40. The maximum Gasteiger partial charge on any atom is 0.349 e. The lowest BCUT2D eigenvalue weighted by Gasteiger charge is -2.09. The lowest BCUT2D eigenvalue weighted by molar-refractivity contribution is 0.0842. The van der Waals surface area contributed by atoms with Gasteiger partial charge in [-0.3, -0.25) is 20.4 Å². The van der Waals surface area contributed by atoms with E-state index in [4.69, 9.17) is 4.42 Å². The molecule has 0 unspecified atom stereocenters. The van der Waals surface area contributed by atoms with Crippen molar-refractivity contribution in [1.82, 2.24) is 15.8 Å². The van der Waals surface area contributed by atoms with Crippen LogP contribution >= 0.6 is 15.9 Å². The van der Waals surface area contributed by atoms with Crippen LogP contribution < -0.4 is 16.5 Å². The van der Waals surface area contributed by atoms with E-state index in [0.29, 0.717) is 16.5 Å². The number of benzene rings is 3. The Balaban J connectivity index is 1.46. The molecule has 0 atom stereocenters. The van der Waals surface area contributed by atoms with E-state index in [1.54, 1.807) is 24.3 Å². The highest BCUT2D eigenvalue weighted by molar-refractivity contribution is 9.10. The number of aromatic nitrogens is 1. The average molecular weight is 502 g/mol. The average Bonchev–Trinajstić information content (AvgIpc) is 3.21. The molecule has 2 heterocycles. The molecule has 33 heavy (non-hydrogen) atoms. The lowest BCUT2D eigenvalue weighted by Crippen LogP contribution is -2.43. The summed E-state index contributed by atoms with van der Waals surface area (Å²) in [5.41, 5.74) is 6.66. The number of H-pyrrole nitrogens is 1. The molecule has 7 nitrogen and oxygen atoms in total. The van der Waals surface area contributed by atoms with Gasteiger partial charge >= 0.3 is 5.63 Å². The normalized spacial score (nSPS) is 10.9. The Hall–Kier alpha value is -4.17. The molecule has 162 valence electrons. The molecule has 2 amide bonds. The van der Waals surface area contributed by atoms with Gasteiger partial charge in [0.1, 0.15) is 16.8 Å². The minimum absolute atomic E-state index is 0.210. The zero-order valence-electron chi connectivity index (χ0n) is 17.0. The molecule has 8 heteroatoms. The summed E-state index contributed by atoms with van der Waals surface area (Å²) in [6.45, 7) is 0. The Morgan fingerprint density at radius 1 is 0.848 bits per heavy atom. The third-order valence-electron chi connectivity index (χ3n) is 5.23. The molecule has 0 aliphatic rings. The van der Waals surface area contributed by atoms with Gasteiger partial charge in [-0.1, -0.05) is 64.5 Å². The van der Waals surface area contributed by atoms with Gasteiger partial charge in [0, 0.05) is 26.3 Å². The van der Waals surface area contributed by atoms with Crippen molar-refractivity contribution in [3.8, 4) is 11.1 Å². The molecule has 0 spiro atoms. The van der Waals surface area contributed by atoms with Crippen LogP contribution in [0.1, 0.15) is 20.8 Å². The van der Waals surface area contributed by atoms with Crippen LogP contribution in [0.25, 0.3) is 33.0 Å². The third kappa shape index (κ3) is 3.92. The zero-order valence-corrected chi connectivity index (χ0v) is 18.6. The highest BCUT2D eigenvalue weighted by atomic mass is 79.9. The van der Waals surface area contributed by atoms with Crippen LogP contribution in [-0.4, -0.2) is 16.8 Å². The number of hydrazine groups is 1. The summed E-state index contributed by atoms with van der Waals surface area (Å²) in [4.78, 5) is 41.0. The summed E-state index contributed by atoms with van der Waals surface area (Å²) in [6.07, 6.45) is 0. The van der Waals surface area contributed by atoms with Crippen LogP contribution in [0, 0.1) is 0 Å². The molecule has 0 radical (unpaired) electrons. The van der Waals surface area contributed by atoms with Crippen LogP contribution in [0.2, 0.25) is 0 Å². The molecule has 3 aromatic carbocycles. The first-order valence-electron chi connectivity index (χ1n) is 10.0. The fourth-order valence-electron chi connectivity index (χ4n) is 3.70. The van der Waals surface area contributed by atoms with Gasteiger partial charge < -0.3 is 9.40 Å². The highest BCUT2D eigenvalue weighted by Gasteiger charge is 2.21. The topological polar surface area (TPSA) is 104 Å². The number of halogens is 1. The number of hydrogen-bond acceptors (Lipinski definition) is 4. The van der Waals surface area contributed by atoms with Gasteiger partial charge in [-0.05, 0) is 35.9 Å². The van der Waals surface area contributed by atoms with E-state index in [1.165, 1.54) is 6.07 Å². The van der Waals surface area contributed by atoms with Crippen molar-refractivity contribution >= 4 is 49.6 Å². The Morgan fingerprint density at radius 2 is 1.58 bits per heavy atom. The summed E-state index contributed by atoms with van der Waals surface area (Å²) in [7, 11) is 0. The molecule has 0 saturated carbocycles. The smallest absolute Gasteiger partial charge is 0.349 e. The molecular formula is C25H16BrN3O4. The number of fused-ring (bicyclic) bond motifs is 2. The predicted molar refractivity (Wildman–Crippen MR) is 129 cm³/mol. The van der Waals surface area contributed by atoms with E-state index < -0.39 is 17.4 Å². The largest absolute Gasteiger partial charge is 0.422 e. The zero-order chi connectivity index (χ0) is 22.9. The minimum atomic E-state index is -0.791. The number of para-hydroxylation sites is 1. The van der Waals surface area contributed by atoms with Crippen LogP contribution in [-0.2, 0) is 0 Å². The molecule has 3 N–H and O–H groups in total. The molecule has 0 saturated heterocycles. The van der Waals surface area contributed by atoms with E-state index in [9.17, 15) is 14.4 Å². The van der Waals surface area contributed by atoms with Crippen molar-refractivity contribution in [2.75, 3.05) is 0 Å². The van der Waals surface area contributed by atoms with Crippen molar-refractivity contribution in [2.24, 2.45) is 0 Å². The van der Waals surface area contributed by atoms with E-state index in [1.807, 2.05) is 48.5 Å². The van der Waals surface area contributed by atoms with E-state index >= 15 is 0 Å². The Morgan fingerprint density at radius 3 is 2.39 bits per heavy atom. The van der Waals surface area contributed by atoms with Gasteiger partial charge in [0.2, 0.25) is 0 Å². The quantitative estimate of drug-likeness (QED) is 0.244. The first-order chi connectivity index (χ1) is 16.0. The van der Waals surface area contributed by atoms with Crippen molar-refractivity contribution in [2.45, 2.75) is 0 Å². The monoisotopic (exact) mass is 501 g/mol. The molecular weight excluding hydrogens is 486 g/mol. The maximum atomic E-state index is 13.1. The molecule has 5 rings (SSSR count). The molecule has 5 aromatic rings.